The van der Waals surface area contributed by atoms with Crippen molar-refractivity contribution in [3.8, 4) is 0 Å². The maximum Gasteiger partial charge on any atom is 0.362 e. The molecule has 19 heavy (non-hydrogen) atoms. The number of aliphatic hydroxyl groups is 1. The van der Waals surface area contributed by atoms with Gasteiger partial charge in [-0.2, -0.15) is 0 Å². The van der Waals surface area contributed by atoms with Crippen LogP contribution in [0.25, 0.3) is 0 Å². The lowest BCUT2D eigenvalue weighted by molar-refractivity contribution is -0.875. The molecule has 0 amide bonds. The Morgan fingerprint density at radius 2 is 1.47 bits per heavy atom. The Labute approximate surface area is 117 Å². The van der Waals surface area contributed by atoms with E-state index >= 15 is 0 Å². The van der Waals surface area contributed by atoms with E-state index in [-0.39, 0.29) is 13.0 Å². The summed E-state index contributed by atoms with van der Waals surface area (Å²) >= 11 is 0. The van der Waals surface area contributed by atoms with Crippen molar-refractivity contribution in [2.45, 2.75) is 57.2 Å². The summed E-state index contributed by atoms with van der Waals surface area (Å²) < 4.78 is 11.9. The molecule has 3 N–H and O–H groups in total. The molecule has 0 aliphatic heterocycles. The van der Waals surface area contributed by atoms with Crippen molar-refractivity contribution < 1.29 is 23.9 Å². The SMILES string of the molecule is CCCCCCCCC(O)(C[N+](C)(C)C)P(=O)(O)O. The minimum Gasteiger partial charge on any atom is -0.373 e. The van der Waals surface area contributed by atoms with Crippen molar-refractivity contribution in [2.24, 2.45) is 0 Å². The molecular formula is C13H31NO4P+. The first-order chi connectivity index (χ1) is 8.52. The molecule has 1 unspecified atom stereocenters. The zero-order valence-corrected chi connectivity index (χ0v) is 13.7. The van der Waals surface area contributed by atoms with Gasteiger partial charge in [0.25, 0.3) is 0 Å². The molecule has 0 rings (SSSR count). The lowest BCUT2D eigenvalue weighted by Crippen LogP contribution is -2.49. The minimum atomic E-state index is -4.51. The predicted octanol–water partition coefficient (Wildman–Crippen LogP) is 2.31. The van der Waals surface area contributed by atoms with Crippen LogP contribution in [0.5, 0.6) is 0 Å². The quantitative estimate of drug-likeness (QED) is 0.328. The molecule has 1 atom stereocenters. The molecule has 0 fully saturated rings. The molecule has 0 aromatic rings. The van der Waals surface area contributed by atoms with Gasteiger partial charge >= 0.3 is 7.60 Å². The van der Waals surface area contributed by atoms with Crippen LogP contribution in [-0.2, 0) is 4.57 Å². The average Bonchev–Trinajstić information content (AvgIpc) is 2.19. The van der Waals surface area contributed by atoms with Crippen LogP contribution >= 0.6 is 7.60 Å². The van der Waals surface area contributed by atoms with Crippen molar-refractivity contribution in [1.82, 2.24) is 0 Å². The summed E-state index contributed by atoms with van der Waals surface area (Å²) in [5, 5.41) is 8.41. The Bertz CT molecular complexity index is 298. The smallest absolute Gasteiger partial charge is 0.362 e. The van der Waals surface area contributed by atoms with E-state index < -0.39 is 12.9 Å². The minimum absolute atomic E-state index is 0.0617. The van der Waals surface area contributed by atoms with Crippen LogP contribution in [0.3, 0.4) is 0 Å². The van der Waals surface area contributed by atoms with Gasteiger partial charge in [0, 0.05) is 0 Å². The number of hydrogen-bond donors (Lipinski definition) is 3. The molecule has 0 spiro atoms. The first-order valence-corrected chi connectivity index (χ1v) is 8.71. The molecule has 0 aliphatic rings. The van der Waals surface area contributed by atoms with Gasteiger partial charge in [0.1, 0.15) is 6.54 Å². The summed E-state index contributed by atoms with van der Waals surface area (Å²) in [4.78, 5) is 18.8. The van der Waals surface area contributed by atoms with Gasteiger partial charge in [-0.1, -0.05) is 39.0 Å². The normalized spacial score (nSPS) is 16.4. The molecule has 0 saturated heterocycles. The van der Waals surface area contributed by atoms with Crippen molar-refractivity contribution in [3.05, 3.63) is 0 Å². The van der Waals surface area contributed by atoms with Gasteiger partial charge in [-0.15, -0.1) is 0 Å². The van der Waals surface area contributed by atoms with Crippen LogP contribution in [-0.4, -0.2) is 52.4 Å². The Morgan fingerprint density at radius 1 is 1.00 bits per heavy atom. The third-order valence-electron chi connectivity index (χ3n) is 3.20. The Balaban J connectivity index is 4.35. The van der Waals surface area contributed by atoms with Crippen molar-refractivity contribution in [2.75, 3.05) is 27.7 Å². The zero-order valence-electron chi connectivity index (χ0n) is 12.8. The fourth-order valence-corrected chi connectivity index (χ4v) is 3.32. The van der Waals surface area contributed by atoms with E-state index in [9.17, 15) is 19.5 Å². The first kappa shape index (κ1) is 19.1. The largest absolute Gasteiger partial charge is 0.373 e. The van der Waals surface area contributed by atoms with Crippen molar-refractivity contribution in [1.29, 1.82) is 0 Å². The first-order valence-electron chi connectivity index (χ1n) is 7.10. The van der Waals surface area contributed by atoms with Crippen LogP contribution in [0, 0.1) is 0 Å². The summed E-state index contributed by atoms with van der Waals surface area (Å²) in [6, 6.07) is 0. The number of nitrogens with zero attached hydrogens (tertiary/aromatic N) is 1. The standard InChI is InChI=1S/C13H30NO4P/c1-5-6-7-8-9-10-11-13(15,19(16,17)18)12-14(2,3)4/h15H,5-12H2,1-4H3,(H-,16,17,18)/p+1. The van der Waals surface area contributed by atoms with Crippen LogP contribution < -0.4 is 0 Å². The fourth-order valence-electron chi connectivity index (χ4n) is 2.26. The molecule has 0 bridgehead atoms. The van der Waals surface area contributed by atoms with E-state index in [0.29, 0.717) is 10.9 Å². The van der Waals surface area contributed by atoms with Gasteiger partial charge in [0.15, 0.2) is 0 Å². The van der Waals surface area contributed by atoms with E-state index in [0.717, 1.165) is 19.3 Å². The van der Waals surface area contributed by atoms with E-state index in [1.54, 1.807) is 0 Å². The van der Waals surface area contributed by atoms with Crippen LogP contribution in [0.2, 0.25) is 0 Å². The highest BCUT2D eigenvalue weighted by Crippen LogP contribution is 2.52. The summed E-state index contributed by atoms with van der Waals surface area (Å²) in [6.07, 6.45) is 6.33. The third kappa shape index (κ3) is 8.05. The van der Waals surface area contributed by atoms with Gasteiger partial charge < -0.3 is 19.4 Å². The maximum absolute atomic E-state index is 11.5. The molecule has 0 heterocycles. The fraction of sp³-hybridized carbons (Fsp3) is 1.00. The Hall–Kier alpha value is 0.0700. The molecule has 116 valence electrons. The van der Waals surface area contributed by atoms with Crippen molar-refractivity contribution in [3.63, 3.8) is 0 Å². The molecule has 6 heteroatoms. The van der Waals surface area contributed by atoms with E-state index in [4.69, 9.17) is 0 Å². The Kier molecular flexibility index (Phi) is 7.78. The lowest BCUT2D eigenvalue weighted by Gasteiger charge is -2.35. The van der Waals surface area contributed by atoms with Crippen molar-refractivity contribution >= 4 is 7.60 Å². The Morgan fingerprint density at radius 3 is 1.89 bits per heavy atom. The second kappa shape index (κ2) is 7.75. The van der Waals surface area contributed by atoms with E-state index in [1.807, 2.05) is 21.1 Å². The number of rotatable bonds is 10. The number of quaternary nitrogens is 1. The maximum atomic E-state index is 11.5. The average molecular weight is 296 g/mol. The predicted molar refractivity (Wildman–Crippen MR) is 77.9 cm³/mol. The highest BCUT2D eigenvalue weighted by molar-refractivity contribution is 7.53. The molecular weight excluding hydrogens is 265 g/mol. The summed E-state index contributed by atoms with van der Waals surface area (Å²) in [6.45, 7) is 2.21. The number of unbranched alkanes of at least 4 members (excludes halogenated alkanes) is 5. The molecule has 0 radical (unpaired) electrons. The molecule has 0 aliphatic carbocycles. The van der Waals surface area contributed by atoms with Gasteiger partial charge in [0.05, 0.1) is 21.1 Å². The molecule has 0 aromatic heterocycles. The summed E-state index contributed by atoms with van der Waals surface area (Å²) in [5.41, 5.74) is 0. The van der Waals surface area contributed by atoms with Gasteiger partial charge in [-0.3, -0.25) is 4.57 Å². The number of likely N-dealkylation sites (N-methyl/N-ethyl adjacent to an activating group) is 1. The third-order valence-corrected chi connectivity index (χ3v) is 4.65. The number of hydrogen-bond acceptors (Lipinski definition) is 2. The molecule has 5 nitrogen and oxygen atoms in total. The molecule has 0 aromatic carbocycles. The second-order valence-corrected chi connectivity index (χ2v) is 8.41. The molecule has 0 saturated carbocycles. The lowest BCUT2D eigenvalue weighted by atomic mass is 10.1. The highest BCUT2D eigenvalue weighted by Gasteiger charge is 2.48. The topological polar surface area (TPSA) is 77.8 Å². The summed E-state index contributed by atoms with van der Waals surface area (Å²) in [7, 11) is 0.958. The second-order valence-electron chi connectivity index (χ2n) is 6.49. The van der Waals surface area contributed by atoms with Gasteiger partial charge in [-0.25, -0.2) is 0 Å². The monoisotopic (exact) mass is 296 g/mol. The van der Waals surface area contributed by atoms with E-state index in [1.165, 1.54) is 12.8 Å². The zero-order chi connectivity index (χ0) is 15.2. The van der Waals surface area contributed by atoms with Crippen LogP contribution in [0.1, 0.15) is 51.9 Å². The van der Waals surface area contributed by atoms with Crippen LogP contribution in [0.4, 0.5) is 0 Å². The highest BCUT2D eigenvalue weighted by atomic mass is 31.2. The van der Waals surface area contributed by atoms with Gasteiger partial charge in [0.2, 0.25) is 5.34 Å². The van der Waals surface area contributed by atoms with Gasteiger partial charge in [-0.05, 0) is 12.8 Å². The van der Waals surface area contributed by atoms with E-state index in [2.05, 4.69) is 6.92 Å². The summed E-state index contributed by atoms with van der Waals surface area (Å²) in [5.74, 6) is 0. The van der Waals surface area contributed by atoms with Crippen LogP contribution in [0.15, 0.2) is 0 Å².